The molecule has 2 unspecified atom stereocenters. The Balaban J connectivity index is 0.00000162. The number of amides is 1. The van der Waals surface area contributed by atoms with Gasteiger partial charge in [-0.3, -0.25) is 4.79 Å². The van der Waals surface area contributed by atoms with Gasteiger partial charge >= 0.3 is 0 Å². The molecule has 1 amide bonds. The molecule has 0 aliphatic carbocycles. The van der Waals surface area contributed by atoms with Crippen molar-refractivity contribution in [3.8, 4) is 0 Å². The van der Waals surface area contributed by atoms with Crippen LogP contribution in [-0.2, 0) is 14.6 Å². The van der Waals surface area contributed by atoms with Crippen LogP contribution in [-0.4, -0.2) is 44.5 Å². The summed E-state index contributed by atoms with van der Waals surface area (Å²) in [5.41, 5.74) is -0.562. The first-order valence-corrected chi connectivity index (χ1v) is 7.96. The standard InChI is InChI=1S/C11H20N2O3S.ClH/c1-11(4-6-17(15,16)8-11)13-10(14)9-3-2-5-12-7-9;/h9,12H,2-8H2,1H3,(H,13,14);1H. The van der Waals surface area contributed by atoms with Gasteiger partial charge in [-0.15, -0.1) is 12.4 Å². The highest BCUT2D eigenvalue weighted by Crippen LogP contribution is 2.23. The van der Waals surface area contributed by atoms with Gasteiger partial charge in [-0.05, 0) is 32.7 Å². The first-order chi connectivity index (χ1) is 7.90. The van der Waals surface area contributed by atoms with Crippen LogP contribution in [0.4, 0.5) is 0 Å². The lowest BCUT2D eigenvalue weighted by atomic mass is 9.95. The third kappa shape index (κ3) is 3.83. The van der Waals surface area contributed by atoms with Crippen molar-refractivity contribution in [2.75, 3.05) is 24.6 Å². The Labute approximate surface area is 114 Å². The maximum Gasteiger partial charge on any atom is 0.224 e. The number of carbonyl (C=O) groups excluding carboxylic acids is 1. The third-order valence-corrected chi connectivity index (χ3v) is 5.50. The molecule has 0 aromatic rings. The Kier molecular flexibility index (Phi) is 5.03. The second-order valence-corrected chi connectivity index (χ2v) is 7.62. The highest BCUT2D eigenvalue weighted by atomic mass is 35.5. The summed E-state index contributed by atoms with van der Waals surface area (Å²) in [5, 5.41) is 6.11. The van der Waals surface area contributed by atoms with Crippen LogP contribution in [0.2, 0.25) is 0 Å². The highest BCUT2D eigenvalue weighted by Gasteiger charge is 2.40. The second kappa shape index (κ2) is 5.75. The number of nitrogens with one attached hydrogen (secondary N) is 2. The van der Waals surface area contributed by atoms with E-state index in [0.717, 1.165) is 19.4 Å². The second-order valence-electron chi connectivity index (χ2n) is 5.44. The molecule has 2 saturated heterocycles. The zero-order valence-electron chi connectivity index (χ0n) is 10.6. The molecule has 0 bridgehead atoms. The van der Waals surface area contributed by atoms with Crippen molar-refractivity contribution in [2.45, 2.75) is 31.7 Å². The number of hydrogen-bond donors (Lipinski definition) is 2. The van der Waals surface area contributed by atoms with Gasteiger partial charge in [0.1, 0.15) is 0 Å². The number of rotatable bonds is 2. The van der Waals surface area contributed by atoms with E-state index in [4.69, 9.17) is 0 Å². The van der Waals surface area contributed by atoms with E-state index in [1.807, 2.05) is 6.92 Å². The topological polar surface area (TPSA) is 75.3 Å². The summed E-state index contributed by atoms with van der Waals surface area (Å²) in [6.45, 7) is 3.50. The van der Waals surface area contributed by atoms with Crippen LogP contribution in [0.15, 0.2) is 0 Å². The van der Waals surface area contributed by atoms with Gasteiger partial charge in [0.15, 0.2) is 9.84 Å². The van der Waals surface area contributed by atoms with E-state index in [2.05, 4.69) is 10.6 Å². The average Bonchev–Trinajstić information content (AvgIpc) is 2.54. The van der Waals surface area contributed by atoms with Gasteiger partial charge in [-0.1, -0.05) is 0 Å². The van der Waals surface area contributed by atoms with E-state index >= 15 is 0 Å². The minimum Gasteiger partial charge on any atom is -0.350 e. The predicted octanol–water partition coefficient (Wildman–Crippen LogP) is 0.101. The molecule has 18 heavy (non-hydrogen) atoms. The van der Waals surface area contributed by atoms with E-state index in [-0.39, 0.29) is 35.7 Å². The fraction of sp³-hybridized carbons (Fsp3) is 0.909. The smallest absolute Gasteiger partial charge is 0.224 e. The molecule has 106 valence electrons. The van der Waals surface area contributed by atoms with Crippen LogP contribution >= 0.6 is 12.4 Å². The summed E-state index contributed by atoms with van der Waals surface area (Å²) in [7, 11) is -2.96. The molecule has 2 rings (SSSR count). The molecule has 2 N–H and O–H groups in total. The van der Waals surface area contributed by atoms with Crippen LogP contribution in [0.1, 0.15) is 26.2 Å². The van der Waals surface area contributed by atoms with Gasteiger partial charge in [0.25, 0.3) is 0 Å². The number of halogens is 1. The van der Waals surface area contributed by atoms with Crippen molar-refractivity contribution in [1.82, 2.24) is 10.6 Å². The lowest BCUT2D eigenvalue weighted by Crippen LogP contribution is -2.51. The first-order valence-electron chi connectivity index (χ1n) is 6.13. The largest absolute Gasteiger partial charge is 0.350 e. The quantitative estimate of drug-likeness (QED) is 0.758. The molecule has 2 aliphatic heterocycles. The molecule has 2 fully saturated rings. The minimum absolute atomic E-state index is 0. The highest BCUT2D eigenvalue weighted by molar-refractivity contribution is 7.91. The molecule has 0 spiro atoms. The fourth-order valence-electron chi connectivity index (χ4n) is 2.58. The summed E-state index contributed by atoms with van der Waals surface area (Å²) in [6.07, 6.45) is 2.43. The van der Waals surface area contributed by atoms with E-state index in [9.17, 15) is 13.2 Å². The van der Waals surface area contributed by atoms with E-state index in [1.54, 1.807) is 0 Å². The molecule has 0 aromatic heterocycles. The van der Waals surface area contributed by atoms with Gasteiger partial charge < -0.3 is 10.6 Å². The SMILES string of the molecule is CC1(NC(=O)C2CCCNC2)CCS(=O)(=O)C1.Cl. The maximum atomic E-state index is 12.0. The predicted molar refractivity (Wildman–Crippen MR) is 72.7 cm³/mol. The summed E-state index contributed by atoms with van der Waals surface area (Å²) in [6, 6.07) is 0. The number of sulfone groups is 1. The number of carbonyl (C=O) groups is 1. The van der Waals surface area contributed by atoms with Crippen molar-refractivity contribution in [3.05, 3.63) is 0 Å². The summed E-state index contributed by atoms with van der Waals surface area (Å²) >= 11 is 0. The van der Waals surface area contributed by atoms with Crippen molar-refractivity contribution in [2.24, 2.45) is 5.92 Å². The Morgan fingerprint density at radius 3 is 2.67 bits per heavy atom. The Hall–Kier alpha value is -0.330. The van der Waals surface area contributed by atoms with Crippen LogP contribution in [0.5, 0.6) is 0 Å². The van der Waals surface area contributed by atoms with Crippen LogP contribution < -0.4 is 10.6 Å². The molecule has 2 heterocycles. The third-order valence-electron chi connectivity index (χ3n) is 3.60. The fourth-order valence-corrected chi connectivity index (χ4v) is 4.68. The Morgan fingerprint density at radius 1 is 1.44 bits per heavy atom. The Morgan fingerprint density at radius 2 is 2.17 bits per heavy atom. The average molecular weight is 297 g/mol. The van der Waals surface area contributed by atoms with Crippen LogP contribution in [0.25, 0.3) is 0 Å². The van der Waals surface area contributed by atoms with E-state index in [0.29, 0.717) is 13.0 Å². The Bertz CT molecular complexity index is 407. The van der Waals surface area contributed by atoms with Crippen molar-refractivity contribution in [3.63, 3.8) is 0 Å². The van der Waals surface area contributed by atoms with Gasteiger partial charge in [-0.25, -0.2) is 8.42 Å². The minimum atomic E-state index is -2.96. The lowest BCUT2D eigenvalue weighted by Gasteiger charge is -2.29. The number of piperidine rings is 1. The lowest BCUT2D eigenvalue weighted by molar-refractivity contribution is -0.127. The molecule has 0 radical (unpaired) electrons. The normalized spacial score (nSPS) is 34.6. The van der Waals surface area contributed by atoms with Gasteiger partial charge in [0.2, 0.25) is 5.91 Å². The molecule has 7 heteroatoms. The monoisotopic (exact) mass is 296 g/mol. The van der Waals surface area contributed by atoms with Crippen LogP contribution in [0, 0.1) is 5.92 Å². The first kappa shape index (κ1) is 15.7. The molecule has 2 aliphatic rings. The summed E-state index contributed by atoms with van der Waals surface area (Å²) < 4.78 is 22.9. The van der Waals surface area contributed by atoms with Crippen molar-refractivity contribution in [1.29, 1.82) is 0 Å². The van der Waals surface area contributed by atoms with Crippen molar-refractivity contribution < 1.29 is 13.2 Å². The summed E-state index contributed by atoms with van der Waals surface area (Å²) in [4.78, 5) is 12.0. The van der Waals surface area contributed by atoms with Crippen LogP contribution in [0.3, 0.4) is 0 Å². The van der Waals surface area contributed by atoms with Gasteiger partial charge in [0.05, 0.1) is 23.0 Å². The molecule has 2 atom stereocenters. The molecule has 5 nitrogen and oxygen atoms in total. The van der Waals surface area contributed by atoms with Crippen molar-refractivity contribution >= 4 is 28.2 Å². The molecule has 0 aromatic carbocycles. The molecular weight excluding hydrogens is 276 g/mol. The van der Waals surface area contributed by atoms with Gasteiger partial charge in [0, 0.05) is 6.54 Å². The molecule has 0 saturated carbocycles. The maximum absolute atomic E-state index is 12.0. The summed E-state index contributed by atoms with van der Waals surface area (Å²) in [5.74, 6) is 0.249. The zero-order valence-corrected chi connectivity index (χ0v) is 12.2. The van der Waals surface area contributed by atoms with E-state index < -0.39 is 15.4 Å². The molecular formula is C11H21ClN2O3S. The van der Waals surface area contributed by atoms with E-state index in [1.165, 1.54) is 0 Å². The van der Waals surface area contributed by atoms with Gasteiger partial charge in [-0.2, -0.15) is 0 Å². The number of hydrogen-bond acceptors (Lipinski definition) is 4. The zero-order chi connectivity index (χ0) is 12.5.